The lowest BCUT2D eigenvalue weighted by Gasteiger charge is -2.05. The van der Waals surface area contributed by atoms with Crippen molar-refractivity contribution in [3.8, 4) is 5.75 Å². The first-order chi connectivity index (χ1) is 12.0. The largest absolute Gasteiger partial charge is 0.495 e. The van der Waals surface area contributed by atoms with Crippen LogP contribution in [0.3, 0.4) is 0 Å². The molecule has 1 amide bonds. The lowest BCUT2D eigenvalue weighted by Crippen LogP contribution is -2.16. The number of furan rings is 1. The van der Waals surface area contributed by atoms with Gasteiger partial charge in [0.1, 0.15) is 16.2 Å². The highest BCUT2D eigenvalue weighted by molar-refractivity contribution is 7.16. The Kier molecular flexibility index (Phi) is 4.48. The van der Waals surface area contributed by atoms with Gasteiger partial charge in [0.05, 0.1) is 17.9 Å². The molecule has 9 heteroatoms. The third-order valence-corrected chi connectivity index (χ3v) is 4.42. The van der Waals surface area contributed by atoms with Gasteiger partial charge >= 0.3 is 11.8 Å². The van der Waals surface area contributed by atoms with Gasteiger partial charge in [-0.15, -0.1) is 6.58 Å². The molecule has 0 aliphatic heterocycles. The molecule has 3 rings (SSSR count). The maximum Gasteiger partial charge on any atom is 0.433 e. The second kappa shape index (κ2) is 6.73. The molecule has 0 fully saturated rings. The van der Waals surface area contributed by atoms with E-state index in [1.807, 2.05) is 18.2 Å². The van der Waals surface area contributed by atoms with Gasteiger partial charge in [-0.2, -0.15) is 4.99 Å². The lowest BCUT2D eigenvalue weighted by molar-refractivity contribution is -0.402. The normalized spacial score (nSPS) is 11.6. The van der Waals surface area contributed by atoms with Gasteiger partial charge in [0.25, 0.3) is 0 Å². The van der Waals surface area contributed by atoms with Crippen LogP contribution in [0.25, 0.3) is 10.2 Å². The standard InChI is InChI=1S/C16H13N3O5S/c1-3-9-18-14-10(23-2)5-4-6-12(14)25-16(18)17-15(20)11-7-8-13(24-11)19(21)22/h3-8H,1,9H2,2H3. The Morgan fingerprint density at radius 1 is 1.48 bits per heavy atom. The number of aromatic nitrogens is 1. The topological polar surface area (TPSA) is 99.9 Å². The van der Waals surface area contributed by atoms with Gasteiger partial charge in [0, 0.05) is 6.54 Å². The van der Waals surface area contributed by atoms with Crippen LogP contribution >= 0.6 is 11.3 Å². The Hall–Kier alpha value is -3.20. The van der Waals surface area contributed by atoms with E-state index in [0.29, 0.717) is 17.1 Å². The number of methoxy groups -OCH3 is 1. The fourth-order valence-electron chi connectivity index (χ4n) is 2.33. The summed E-state index contributed by atoms with van der Waals surface area (Å²) in [6.07, 6.45) is 1.68. The summed E-state index contributed by atoms with van der Waals surface area (Å²) < 4.78 is 13.0. The highest BCUT2D eigenvalue weighted by Gasteiger charge is 2.18. The molecule has 2 heterocycles. The molecule has 0 radical (unpaired) electrons. The van der Waals surface area contributed by atoms with Crippen LogP contribution in [0.15, 0.2) is 52.4 Å². The predicted octanol–water partition coefficient (Wildman–Crippen LogP) is 3.14. The summed E-state index contributed by atoms with van der Waals surface area (Å²) in [7, 11) is 1.56. The highest BCUT2D eigenvalue weighted by Crippen LogP contribution is 2.27. The van der Waals surface area contributed by atoms with Gasteiger partial charge in [-0.25, -0.2) is 0 Å². The monoisotopic (exact) mass is 359 g/mol. The van der Waals surface area contributed by atoms with E-state index in [1.54, 1.807) is 17.8 Å². The number of hydrogen-bond donors (Lipinski definition) is 0. The summed E-state index contributed by atoms with van der Waals surface area (Å²) in [6.45, 7) is 4.14. The van der Waals surface area contributed by atoms with E-state index >= 15 is 0 Å². The molecule has 0 unspecified atom stereocenters. The third kappa shape index (κ3) is 3.09. The lowest BCUT2D eigenvalue weighted by atomic mass is 10.3. The molecule has 0 saturated carbocycles. The van der Waals surface area contributed by atoms with Crippen LogP contribution < -0.4 is 9.54 Å². The molecule has 3 aromatic rings. The van der Waals surface area contributed by atoms with Crippen molar-refractivity contribution < 1.29 is 18.9 Å². The summed E-state index contributed by atoms with van der Waals surface area (Å²) in [6, 6.07) is 7.90. The fraction of sp³-hybridized carbons (Fsp3) is 0.125. The molecule has 128 valence electrons. The Balaban J connectivity index is 2.14. The van der Waals surface area contributed by atoms with Gasteiger partial charge < -0.3 is 13.7 Å². The number of allylic oxidation sites excluding steroid dienone is 1. The maximum atomic E-state index is 12.3. The van der Waals surface area contributed by atoms with Gasteiger partial charge in [-0.05, 0) is 18.2 Å². The van der Waals surface area contributed by atoms with Crippen LogP contribution in [0.5, 0.6) is 5.75 Å². The minimum Gasteiger partial charge on any atom is -0.495 e. The van der Waals surface area contributed by atoms with Crippen molar-refractivity contribution >= 4 is 33.3 Å². The number of hydrogen-bond acceptors (Lipinski definition) is 6. The average Bonchev–Trinajstić information content (AvgIpc) is 3.21. The summed E-state index contributed by atoms with van der Waals surface area (Å²) >= 11 is 1.30. The summed E-state index contributed by atoms with van der Waals surface area (Å²) in [5.74, 6) is -0.744. The minimum absolute atomic E-state index is 0.193. The van der Waals surface area contributed by atoms with E-state index in [-0.39, 0.29) is 5.76 Å². The van der Waals surface area contributed by atoms with Crippen molar-refractivity contribution in [2.75, 3.05) is 7.11 Å². The smallest absolute Gasteiger partial charge is 0.433 e. The number of ether oxygens (including phenoxy) is 1. The Labute approximate surface area is 145 Å². The molecule has 8 nitrogen and oxygen atoms in total. The summed E-state index contributed by atoms with van der Waals surface area (Å²) in [5, 5.41) is 10.7. The molecule has 0 saturated heterocycles. The average molecular weight is 359 g/mol. The van der Waals surface area contributed by atoms with E-state index in [0.717, 1.165) is 16.3 Å². The number of carbonyl (C=O) groups excluding carboxylic acids is 1. The van der Waals surface area contributed by atoms with Crippen LogP contribution in [0.1, 0.15) is 10.6 Å². The van der Waals surface area contributed by atoms with Gasteiger partial charge in [-0.1, -0.05) is 23.5 Å². The second-order valence-electron chi connectivity index (χ2n) is 4.90. The molecule has 0 bridgehead atoms. The van der Waals surface area contributed by atoms with Crippen molar-refractivity contribution in [1.29, 1.82) is 0 Å². The van der Waals surface area contributed by atoms with Crippen LogP contribution in [0.2, 0.25) is 0 Å². The van der Waals surface area contributed by atoms with E-state index in [1.165, 1.54) is 17.4 Å². The zero-order valence-electron chi connectivity index (χ0n) is 13.2. The number of nitrogens with zero attached hydrogens (tertiary/aromatic N) is 3. The number of para-hydroxylation sites is 1. The van der Waals surface area contributed by atoms with E-state index in [4.69, 9.17) is 9.15 Å². The van der Waals surface area contributed by atoms with Gasteiger partial charge in [0.15, 0.2) is 4.80 Å². The van der Waals surface area contributed by atoms with Crippen LogP contribution in [-0.2, 0) is 6.54 Å². The molecule has 0 aliphatic carbocycles. The number of benzene rings is 1. The van der Waals surface area contributed by atoms with Crippen molar-refractivity contribution in [2.24, 2.45) is 4.99 Å². The summed E-state index contributed by atoms with van der Waals surface area (Å²) in [5.41, 5.74) is 0.798. The third-order valence-electron chi connectivity index (χ3n) is 3.38. The maximum absolute atomic E-state index is 12.3. The number of carbonyl (C=O) groups is 1. The Bertz CT molecular complexity index is 1040. The predicted molar refractivity (Wildman–Crippen MR) is 91.8 cm³/mol. The Morgan fingerprint density at radius 3 is 2.92 bits per heavy atom. The molecule has 25 heavy (non-hydrogen) atoms. The molecular weight excluding hydrogens is 346 g/mol. The van der Waals surface area contributed by atoms with Crippen LogP contribution in [0.4, 0.5) is 5.88 Å². The fourth-order valence-corrected chi connectivity index (χ4v) is 3.38. The molecule has 0 spiro atoms. The van der Waals surface area contributed by atoms with E-state index in [9.17, 15) is 14.9 Å². The molecule has 0 aliphatic rings. The quantitative estimate of drug-likeness (QED) is 0.396. The number of nitro groups is 1. The summed E-state index contributed by atoms with van der Waals surface area (Å²) in [4.78, 5) is 26.7. The molecule has 0 N–H and O–H groups in total. The molecular formula is C16H13N3O5S. The second-order valence-corrected chi connectivity index (χ2v) is 5.91. The Morgan fingerprint density at radius 2 is 2.28 bits per heavy atom. The number of rotatable bonds is 5. The SMILES string of the molecule is C=CCn1c(=NC(=O)c2ccc([N+](=O)[O-])o2)sc2cccc(OC)c21. The number of thiazole rings is 1. The van der Waals surface area contributed by atoms with E-state index in [2.05, 4.69) is 11.6 Å². The molecule has 2 aromatic heterocycles. The minimum atomic E-state index is -0.709. The first kappa shape index (κ1) is 16.7. The molecule has 0 atom stereocenters. The highest BCUT2D eigenvalue weighted by atomic mass is 32.1. The van der Waals surface area contributed by atoms with Crippen molar-refractivity contribution in [2.45, 2.75) is 6.54 Å². The van der Waals surface area contributed by atoms with Crippen molar-refractivity contribution in [3.63, 3.8) is 0 Å². The first-order valence-corrected chi connectivity index (χ1v) is 7.97. The molecule has 1 aromatic carbocycles. The zero-order valence-corrected chi connectivity index (χ0v) is 14.0. The van der Waals surface area contributed by atoms with Crippen LogP contribution in [0, 0.1) is 10.1 Å². The van der Waals surface area contributed by atoms with E-state index < -0.39 is 16.7 Å². The first-order valence-electron chi connectivity index (χ1n) is 7.15. The zero-order chi connectivity index (χ0) is 18.0. The van der Waals surface area contributed by atoms with Gasteiger partial charge in [0.2, 0.25) is 5.76 Å². The number of fused-ring (bicyclic) bond motifs is 1. The van der Waals surface area contributed by atoms with Crippen LogP contribution in [-0.4, -0.2) is 22.5 Å². The number of amides is 1. The van der Waals surface area contributed by atoms with Gasteiger partial charge in [-0.3, -0.25) is 14.9 Å². The van der Waals surface area contributed by atoms with Crippen molar-refractivity contribution in [3.05, 3.63) is 63.7 Å². The van der Waals surface area contributed by atoms with Crippen molar-refractivity contribution in [1.82, 2.24) is 4.57 Å².